The van der Waals surface area contributed by atoms with Gasteiger partial charge in [0.15, 0.2) is 9.84 Å². The smallest absolute Gasteiger partial charge is 0.290 e. The molecular weight excluding hydrogens is 599 g/mol. The number of aliphatic hydroxyl groups is 1. The number of halogens is 1. The van der Waals surface area contributed by atoms with Gasteiger partial charge in [0.05, 0.1) is 40.2 Å². The summed E-state index contributed by atoms with van der Waals surface area (Å²) in [6.07, 6.45) is 3.12. The van der Waals surface area contributed by atoms with Crippen LogP contribution in [-0.2, 0) is 28.9 Å². The molecule has 0 saturated carbocycles. The third-order valence-electron chi connectivity index (χ3n) is 7.41. The normalized spacial score (nSPS) is 12.1. The van der Waals surface area contributed by atoms with E-state index in [-0.39, 0.29) is 49.9 Å². The Kier molecular flexibility index (Phi) is 8.43. The maximum absolute atomic E-state index is 15.3. The number of aryl methyl sites for hydroxylation is 1. The predicted octanol–water partition coefficient (Wildman–Crippen LogP) is 4.40. The van der Waals surface area contributed by atoms with Gasteiger partial charge in [0.1, 0.15) is 17.3 Å². The van der Waals surface area contributed by atoms with E-state index in [0.717, 1.165) is 14.9 Å². The molecule has 0 aliphatic heterocycles. The van der Waals surface area contributed by atoms with Crippen molar-refractivity contribution in [3.63, 3.8) is 0 Å². The SMILES string of the molecule is CCCS(=O)(=O)c1ccc(Nc2cc(-c3cccc(-n4ncc5cc(C(C)(C)C)cc(F)c5c4=O)c3CO)nn(C)c2=O)nc1. The van der Waals surface area contributed by atoms with E-state index in [2.05, 4.69) is 20.5 Å². The summed E-state index contributed by atoms with van der Waals surface area (Å²) in [4.78, 5) is 30.8. The van der Waals surface area contributed by atoms with Crippen LogP contribution in [0.2, 0.25) is 0 Å². The monoisotopic (exact) mass is 632 g/mol. The molecule has 0 atom stereocenters. The molecule has 5 aromatic rings. The van der Waals surface area contributed by atoms with Crippen LogP contribution in [0.3, 0.4) is 0 Å². The highest BCUT2D eigenvalue weighted by atomic mass is 32.2. The largest absolute Gasteiger partial charge is 0.392 e. The molecule has 0 unspecified atom stereocenters. The predicted molar refractivity (Wildman–Crippen MR) is 170 cm³/mol. The van der Waals surface area contributed by atoms with Crippen LogP contribution >= 0.6 is 0 Å². The molecule has 0 bridgehead atoms. The third kappa shape index (κ3) is 6.13. The summed E-state index contributed by atoms with van der Waals surface area (Å²) in [6.45, 7) is 7.09. The van der Waals surface area contributed by atoms with Crippen molar-refractivity contribution >= 4 is 32.1 Å². The third-order valence-corrected chi connectivity index (χ3v) is 9.32. The number of pyridine rings is 1. The van der Waals surface area contributed by atoms with Gasteiger partial charge in [-0.1, -0.05) is 39.8 Å². The van der Waals surface area contributed by atoms with Gasteiger partial charge in [-0.05, 0) is 53.8 Å². The number of aromatic nitrogens is 5. The van der Waals surface area contributed by atoms with Crippen molar-refractivity contribution in [3.05, 3.63) is 98.6 Å². The Labute approximate surface area is 258 Å². The van der Waals surface area contributed by atoms with E-state index in [0.29, 0.717) is 17.4 Å². The van der Waals surface area contributed by atoms with Crippen molar-refractivity contribution in [2.24, 2.45) is 7.05 Å². The van der Waals surface area contributed by atoms with Gasteiger partial charge in [-0.25, -0.2) is 22.5 Å². The number of fused-ring (bicyclic) bond motifs is 1. The van der Waals surface area contributed by atoms with Crippen molar-refractivity contribution in [2.75, 3.05) is 11.1 Å². The number of sulfone groups is 1. The maximum Gasteiger partial charge on any atom is 0.290 e. The molecule has 0 amide bonds. The Balaban J connectivity index is 1.58. The van der Waals surface area contributed by atoms with Crippen molar-refractivity contribution in [2.45, 2.75) is 51.0 Å². The van der Waals surface area contributed by atoms with E-state index in [4.69, 9.17) is 0 Å². The maximum atomic E-state index is 15.3. The minimum Gasteiger partial charge on any atom is -0.392 e. The van der Waals surface area contributed by atoms with E-state index >= 15 is 4.39 Å². The summed E-state index contributed by atoms with van der Waals surface area (Å²) in [7, 11) is -2.00. The summed E-state index contributed by atoms with van der Waals surface area (Å²) in [6, 6.07) is 12.3. The van der Waals surface area contributed by atoms with Gasteiger partial charge in [-0.15, -0.1) is 0 Å². The highest BCUT2D eigenvalue weighted by Crippen LogP contribution is 2.30. The first-order valence-electron chi connectivity index (χ1n) is 14.2. The molecule has 11 nitrogen and oxygen atoms in total. The van der Waals surface area contributed by atoms with Gasteiger partial charge in [0.25, 0.3) is 11.1 Å². The van der Waals surface area contributed by atoms with Crippen molar-refractivity contribution < 1.29 is 17.9 Å². The molecule has 5 rings (SSSR count). The number of hydrogen-bond donors (Lipinski definition) is 2. The lowest BCUT2D eigenvalue weighted by molar-refractivity contribution is 0.281. The highest BCUT2D eigenvalue weighted by Gasteiger charge is 2.21. The number of anilines is 2. The Bertz CT molecular complexity index is 2150. The standard InChI is InChI=1S/C32H33FN6O5S/c1-6-12-45(43,44)21-10-11-28(34-17-21)36-26-15-25(37-38(5)30(26)41)22-8-7-9-27(23(22)18-40)39-31(42)29-19(16-35-39)13-20(14-24(29)33)32(2,3)4/h7-11,13-17,40H,6,12,18H2,1-5H3,(H,34,36). The van der Waals surface area contributed by atoms with Crippen LogP contribution < -0.4 is 16.4 Å². The second-order valence-electron chi connectivity index (χ2n) is 11.7. The van der Waals surface area contributed by atoms with E-state index in [1.165, 1.54) is 43.7 Å². The number of aliphatic hydroxyl groups excluding tert-OH is 1. The van der Waals surface area contributed by atoms with E-state index in [9.17, 15) is 23.1 Å². The van der Waals surface area contributed by atoms with Crippen molar-refractivity contribution in [1.29, 1.82) is 0 Å². The number of benzene rings is 2. The lowest BCUT2D eigenvalue weighted by atomic mass is 9.86. The van der Waals surface area contributed by atoms with E-state index in [1.807, 2.05) is 20.8 Å². The zero-order chi connectivity index (χ0) is 32.7. The van der Waals surface area contributed by atoms with Gasteiger partial charge >= 0.3 is 0 Å². The average Bonchev–Trinajstić information content (AvgIpc) is 2.98. The van der Waals surface area contributed by atoms with Crippen LogP contribution in [0.4, 0.5) is 15.9 Å². The number of nitrogens with one attached hydrogen (secondary N) is 1. The second kappa shape index (κ2) is 12.0. The topological polar surface area (TPSA) is 149 Å². The fraction of sp³-hybridized carbons (Fsp3) is 0.281. The Morgan fingerprint density at radius 3 is 2.42 bits per heavy atom. The zero-order valence-electron chi connectivity index (χ0n) is 25.5. The fourth-order valence-corrected chi connectivity index (χ4v) is 6.27. The van der Waals surface area contributed by atoms with Crippen LogP contribution in [0.5, 0.6) is 0 Å². The molecule has 0 radical (unpaired) electrons. The summed E-state index contributed by atoms with van der Waals surface area (Å²) in [5, 5.41) is 22.3. The van der Waals surface area contributed by atoms with Crippen LogP contribution in [0.15, 0.2) is 75.4 Å². The average molecular weight is 633 g/mol. The number of rotatable bonds is 8. The summed E-state index contributed by atoms with van der Waals surface area (Å²) in [5.41, 5.74) is 0.478. The molecule has 2 aromatic carbocycles. The zero-order valence-corrected chi connectivity index (χ0v) is 26.3. The molecule has 3 aromatic heterocycles. The molecule has 0 spiro atoms. The van der Waals surface area contributed by atoms with Crippen molar-refractivity contribution in [3.8, 4) is 16.9 Å². The molecule has 3 heterocycles. The van der Waals surface area contributed by atoms with Gasteiger partial charge in [0.2, 0.25) is 0 Å². The number of hydrogen-bond acceptors (Lipinski definition) is 9. The number of nitrogens with zero attached hydrogens (tertiary/aromatic N) is 5. The molecule has 234 valence electrons. The molecule has 45 heavy (non-hydrogen) atoms. The molecule has 13 heteroatoms. The summed E-state index contributed by atoms with van der Waals surface area (Å²) in [5.74, 6) is -0.435. The van der Waals surface area contributed by atoms with Gasteiger partial charge in [-0.2, -0.15) is 14.9 Å². The van der Waals surface area contributed by atoms with Crippen LogP contribution in [0.1, 0.15) is 45.2 Å². The van der Waals surface area contributed by atoms with E-state index < -0.39 is 33.4 Å². The first-order chi connectivity index (χ1) is 21.2. The molecule has 2 N–H and O–H groups in total. The fourth-order valence-electron chi connectivity index (χ4n) is 5.01. The van der Waals surface area contributed by atoms with Crippen molar-refractivity contribution in [1.82, 2.24) is 24.5 Å². The summed E-state index contributed by atoms with van der Waals surface area (Å²) >= 11 is 0. The molecule has 0 aliphatic rings. The molecule has 0 aliphatic carbocycles. The van der Waals surface area contributed by atoms with Crippen LogP contribution in [-0.4, -0.2) is 43.8 Å². The van der Waals surface area contributed by atoms with Gasteiger partial charge < -0.3 is 10.4 Å². The van der Waals surface area contributed by atoms with Gasteiger partial charge in [-0.3, -0.25) is 9.59 Å². The quantitative estimate of drug-likeness (QED) is 0.254. The molecule has 0 saturated heterocycles. The second-order valence-corrected chi connectivity index (χ2v) is 13.8. The lowest BCUT2D eigenvalue weighted by Crippen LogP contribution is -2.24. The Hall–Kier alpha value is -4.75. The first kappa shape index (κ1) is 31.7. The first-order valence-corrected chi connectivity index (χ1v) is 15.9. The molecular formula is C32H33FN6O5S. The lowest BCUT2D eigenvalue weighted by Gasteiger charge is -2.20. The highest BCUT2D eigenvalue weighted by molar-refractivity contribution is 7.91. The van der Waals surface area contributed by atoms with Gasteiger partial charge in [0, 0.05) is 29.8 Å². The van der Waals surface area contributed by atoms with E-state index in [1.54, 1.807) is 31.2 Å². The minimum absolute atomic E-state index is 0.00408. The molecule has 0 fully saturated rings. The Morgan fingerprint density at radius 2 is 1.78 bits per heavy atom. The van der Waals surface area contributed by atoms with Crippen LogP contribution in [0.25, 0.3) is 27.7 Å². The Morgan fingerprint density at radius 1 is 1.02 bits per heavy atom. The summed E-state index contributed by atoms with van der Waals surface area (Å²) < 4.78 is 42.2. The minimum atomic E-state index is -3.46. The van der Waals surface area contributed by atoms with Crippen LogP contribution in [0, 0.1) is 5.82 Å².